The van der Waals surface area contributed by atoms with Crippen LogP contribution in [-0.2, 0) is 0 Å². The van der Waals surface area contributed by atoms with Gasteiger partial charge in [0, 0.05) is 23.1 Å². The summed E-state index contributed by atoms with van der Waals surface area (Å²) in [6.45, 7) is 10.6. The van der Waals surface area contributed by atoms with Gasteiger partial charge < -0.3 is 10.2 Å². The van der Waals surface area contributed by atoms with Crippen molar-refractivity contribution in [2.24, 2.45) is 5.92 Å². The average molecular weight is 339 g/mol. The minimum absolute atomic E-state index is 0.425. The van der Waals surface area contributed by atoms with Crippen LogP contribution in [0.2, 0.25) is 0 Å². The molecule has 1 N–H and O–H groups in total. The molecule has 1 aliphatic heterocycles. The van der Waals surface area contributed by atoms with Crippen molar-refractivity contribution in [3.05, 3.63) is 34.3 Å². The van der Waals surface area contributed by atoms with E-state index in [0.717, 1.165) is 10.4 Å². The normalized spacial score (nSPS) is 19.4. The molecular weight excluding hydrogens is 312 g/mol. The van der Waals surface area contributed by atoms with Gasteiger partial charge in [0.05, 0.1) is 0 Å². The van der Waals surface area contributed by atoms with Crippen LogP contribution < -0.4 is 5.32 Å². The van der Waals surface area contributed by atoms with Crippen LogP contribution in [0.1, 0.15) is 45.2 Å². The van der Waals surface area contributed by atoms with Gasteiger partial charge in [0.15, 0.2) is 0 Å². The van der Waals surface area contributed by atoms with E-state index in [0.29, 0.717) is 12.1 Å². The Balaban J connectivity index is 1.80. The van der Waals surface area contributed by atoms with Crippen molar-refractivity contribution in [2.45, 2.75) is 45.7 Å². The molecule has 20 heavy (non-hydrogen) atoms. The van der Waals surface area contributed by atoms with Crippen LogP contribution >= 0.6 is 15.9 Å². The molecular formula is C17H27BrN2. The summed E-state index contributed by atoms with van der Waals surface area (Å²) in [6, 6.07) is 9.70. The predicted molar refractivity (Wildman–Crippen MR) is 90.0 cm³/mol. The maximum atomic E-state index is 3.79. The van der Waals surface area contributed by atoms with Crippen molar-refractivity contribution < 1.29 is 0 Å². The molecule has 0 aromatic heterocycles. The smallest absolute Gasteiger partial charge is 0.0294 e. The molecule has 2 nitrogen and oxygen atoms in total. The van der Waals surface area contributed by atoms with E-state index in [9.17, 15) is 0 Å². The van der Waals surface area contributed by atoms with E-state index >= 15 is 0 Å². The van der Waals surface area contributed by atoms with Crippen LogP contribution in [0.5, 0.6) is 0 Å². The van der Waals surface area contributed by atoms with Crippen molar-refractivity contribution in [1.82, 2.24) is 10.2 Å². The van der Waals surface area contributed by atoms with Crippen molar-refractivity contribution in [3.63, 3.8) is 0 Å². The molecule has 1 aromatic carbocycles. The van der Waals surface area contributed by atoms with Gasteiger partial charge in [0.25, 0.3) is 0 Å². The standard InChI is InChI=1S/C17H27BrN2/c1-13(2)12-20-9-7-17(8-10-20)19-14(3)15-5-4-6-16(18)11-15/h4-6,11,13-14,17,19H,7-10,12H2,1-3H3/t14-/m1/s1. The third-order valence-electron chi connectivity index (χ3n) is 4.05. The zero-order chi connectivity index (χ0) is 14.5. The van der Waals surface area contributed by atoms with E-state index in [1.165, 1.54) is 38.0 Å². The van der Waals surface area contributed by atoms with Crippen LogP contribution in [-0.4, -0.2) is 30.6 Å². The number of halogens is 1. The third-order valence-corrected chi connectivity index (χ3v) is 4.54. The molecule has 112 valence electrons. The number of piperidine rings is 1. The number of hydrogen-bond donors (Lipinski definition) is 1. The first-order valence-electron chi connectivity index (χ1n) is 7.78. The Morgan fingerprint density at radius 1 is 1.25 bits per heavy atom. The zero-order valence-electron chi connectivity index (χ0n) is 12.9. The van der Waals surface area contributed by atoms with Crippen LogP contribution in [0.4, 0.5) is 0 Å². The maximum Gasteiger partial charge on any atom is 0.0294 e. The number of rotatable bonds is 5. The second kappa shape index (κ2) is 7.58. The fourth-order valence-electron chi connectivity index (χ4n) is 3.02. The first-order valence-corrected chi connectivity index (χ1v) is 8.57. The Labute approximate surface area is 132 Å². The molecule has 0 saturated carbocycles. The summed E-state index contributed by atoms with van der Waals surface area (Å²) in [5.41, 5.74) is 1.36. The van der Waals surface area contributed by atoms with Gasteiger partial charge in [0.2, 0.25) is 0 Å². The van der Waals surface area contributed by atoms with Crippen LogP contribution in [0.15, 0.2) is 28.7 Å². The fraction of sp³-hybridized carbons (Fsp3) is 0.647. The van der Waals surface area contributed by atoms with E-state index < -0.39 is 0 Å². The number of nitrogens with zero attached hydrogens (tertiary/aromatic N) is 1. The summed E-state index contributed by atoms with van der Waals surface area (Å²) in [6.07, 6.45) is 2.54. The molecule has 1 atom stereocenters. The largest absolute Gasteiger partial charge is 0.307 e. The van der Waals surface area contributed by atoms with E-state index in [2.05, 4.69) is 71.2 Å². The van der Waals surface area contributed by atoms with Crippen molar-refractivity contribution in [1.29, 1.82) is 0 Å². The van der Waals surface area contributed by atoms with Crippen molar-refractivity contribution in [3.8, 4) is 0 Å². The maximum absolute atomic E-state index is 3.79. The fourth-order valence-corrected chi connectivity index (χ4v) is 3.44. The second-order valence-electron chi connectivity index (χ2n) is 6.41. The van der Waals surface area contributed by atoms with E-state index in [4.69, 9.17) is 0 Å². The predicted octanol–water partition coefficient (Wildman–Crippen LogP) is 4.22. The highest BCUT2D eigenvalue weighted by Crippen LogP contribution is 2.20. The molecule has 1 saturated heterocycles. The van der Waals surface area contributed by atoms with Gasteiger partial charge >= 0.3 is 0 Å². The highest BCUT2D eigenvalue weighted by atomic mass is 79.9. The molecule has 0 spiro atoms. The highest BCUT2D eigenvalue weighted by molar-refractivity contribution is 9.10. The topological polar surface area (TPSA) is 15.3 Å². The molecule has 0 radical (unpaired) electrons. The lowest BCUT2D eigenvalue weighted by Crippen LogP contribution is -2.44. The monoisotopic (exact) mass is 338 g/mol. The van der Waals surface area contributed by atoms with Crippen molar-refractivity contribution in [2.75, 3.05) is 19.6 Å². The van der Waals surface area contributed by atoms with Gasteiger partial charge in [-0.15, -0.1) is 0 Å². The second-order valence-corrected chi connectivity index (χ2v) is 7.33. The SMILES string of the molecule is CC(C)CN1CCC(N[C@H](C)c2cccc(Br)c2)CC1. The molecule has 3 heteroatoms. The molecule has 2 rings (SSSR count). The zero-order valence-corrected chi connectivity index (χ0v) is 14.5. The number of benzene rings is 1. The van der Waals surface area contributed by atoms with Gasteiger partial charge in [-0.3, -0.25) is 0 Å². The lowest BCUT2D eigenvalue weighted by Gasteiger charge is -2.34. The molecule has 1 aromatic rings. The number of likely N-dealkylation sites (tertiary alicyclic amines) is 1. The molecule has 1 aliphatic rings. The highest BCUT2D eigenvalue weighted by Gasteiger charge is 2.21. The molecule has 1 heterocycles. The minimum Gasteiger partial charge on any atom is -0.307 e. The van der Waals surface area contributed by atoms with Gasteiger partial charge in [0.1, 0.15) is 0 Å². The third kappa shape index (κ3) is 4.87. The lowest BCUT2D eigenvalue weighted by atomic mass is 10.0. The molecule has 0 bridgehead atoms. The summed E-state index contributed by atoms with van der Waals surface area (Å²) in [5.74, 6) is 0.778. The number of nitrogens with one attached hydrogen (secondary N) is 1. The summed E-state index contributed by atoms with van der Waals surface area (Å²) >= 11 is 3.55. The Hall–Kier alpha value is -0.380. The summed E-state index contributed by atoms with van der Waals surface area (Å²) in [5, 5.41) is 3.79. The van der Waals surface area contributed by atoms with E-state index in [-0.39, 0.29) is 0 Å². The van der Waals surface area contributed by atoms with E-state index in [1.54, 1.807) is 0 Å². The van der Waals surface area contributed by atoms with Crippen LogP contribution in [0.3, 0.4) is 0 Å². The molecule has 0 aliphatic carbocycles. The minimum atomic E-state index is 0.425. The first-order chi connectivity index (χ1) is 9.54. The molecule has 0 amide bonds. The quantitative estimate of drug-likeness (QED) is 0.864. The van der Waals surface area contributed by atoms with Gasteiger partial charge in [-0.05, 0) is 56.5 Å². The lowest BCUT2D eigenvalue weighted by molar-refractivity contribution is 0.175. The van der Waals surface area contributed by atoms with Gasteiger partial charge in [-0.1, -0.05) is 41.9 Å². The van der Waals surface area contributed by atoms with Crippen molar-refractivity contribution >= 4 is 15.9 Å². The molecule has 1 fully saturated rings. The van der Waals surface area contributed by atoms with Crippen LogP contribution in [0, 0.1) is 5.92 Å². The summed E-state index contributed by atoms with van der Waals surface area (Å²) in [7, 11) is 0. The first kappa shape index (κ1) is 16.0. The summed E-state index contributed by atoms with van der Waals surface area (Å²) in [4.78, 5) is 2.60. The average Bonchev–Trinajstić information content (AvgIpc) is 2.40. The molecule has 0 unspecified atom stereocenters. The van der Waals surface area contributed by atoms with E-state index in [1.807, 2.05) is 0 Å². The number of hydrogen-bond acceptors (Lipinski definition) is 2. The Morgan fingerprint density at radius 2 is 1.95 bits per heavy atom. The Bertz CT molecular complexity index is 411. The Morgan fingerprint density at radius 3 is 2.55 bits per heavy atom. The van der Waals surface area contributed by atoms with Crippen LogP contribution in [0.25, 0.3) is 0 Å². The van der Waals surface area contributed by atoms with Gasteiger partial charge in [-0.2, -0.15) is 0 Å². The van der Waals surface area contributed by atoms with Gasteiger partial charge in [-0.25, -0.2) is 0 Å². The summed E-state index contributed by atoms with van der Waals surface area (Å²) < 4.78 is 1.16. The Kier molecular flexibility index (Phi) is 6.06.